The van der Waals surface area contributed by atoms with Crippen molar-refractivity contribution in [1.82, 2.24) is 16.1 Å². The van der Waals surface area contributed by atoms with Gasteiger partial charge in [-0.1, -0.05) is 48.0 Å². The maximum atomic E-state index is 14.0. The van der Waals surface area contributed by atoms with Gasteiger partial charge in [-0.15, -0.1) is 0 Å². The molecule has 0 aliphatic carbocycles. The van der Waals surface area contributed by atoms with E-state index in [1.54, 1.807) is 68.4 Å². The summed E-state index contributed by atoms with van der Waals surface area (Å²) in [6.45, 7) is 3.25. The van der Waals surface area contributed by atoms with Crippen LogP contribution in [-0.4, -0.2) is 43.5 Å². The van der Waals surface area contributed by atoms with E-state index >= 15 is 0 Å². The Morgan fingerprint density at radius 1 is 1.11 bits per heavy atom. The number of rotatable bonds is 12. The van der Waals surface area contributed by atoms with E-state index in [1.165, 1.54) is 19.4 Å². The first-order chi connectivity index (χ1) is 21.2. The largest absolute Gasteiger partial charge is 0.493 e. The summed E-state index contributed by atoms with van der Waals surface area (Å²) < 4.78 is 36.1. The van der Waals surface area contributed by atoms with E-state index in [1.807, 2.05) is 0 Å². The van der Waals surface area contributed by atoms with Gasteiger partial charge in [0.25, 0.3) is 5.91 Å². The van der Waals surface area contributed by atoms with Crippen molar-refractivity contribution in [3.05, 3.63) is 99.5 Å². The monoisotopic (exact) mass is 640 g/mol. The Morgan fingerprint density at radius 3 is 2.61 bits per heavy atom. The van der Waals surface area contributed by atoms with Crippen LogP contribution in [0.15, 0.2) is 77.0 Å². The highest BCUT2D eigenvalue weighted by Gasteiger charge is 2.32. The fraction of sp³-hybridized carbons (Fsp3) is 0.226. The van der Waals surface area contributed by atoms with Crippen molar-refractivity contribution in [3.63, 3.8) is 0 Å². The fourth-order valence-electron chi connectivity index (χ4n) is 4.33. The first-order valence-electron chi connectivity index (χ1n) is 13.4. The van der Waals surface area contributed by atoms with Crippen molar-refractivity contribution in [2.24, 2.45) is 5.10 Å². The lowest BCUT2D eigenvalue weighted by molar-refractivity contribution is -0.139. The molecule has 1 heterocycles. The molecule has 0 unspecified atom stereocenters. The molecule has 0 saturated heterocycles. The topological polar surface area (TPSA) is 120 Å². The minimum absolute atomic E-state index is 0.0458. The number of para-hydroxylation sites is 1. The molecule has 1 aliphatic heterocycles. The van der Waals surface area contributed by atoms with Crippen LogP contribution < -0.4 is 30.3 Å². The molecule has 1 atom stereocenters. The number of nitrogens with one attached hydrogen (secondary N) is 3. The van der Waals surface area contributed by atoms with Crippen LogP contribution in [0, 0.1) is 5.82 Å². The Balaban J connectivity index is 1.40. The summed E-state index contributed by atoms with van der Waals surface area (Å²) in [5.41, 5.74) is 4.78. The molecular weight excluding hydrogens is 611 g/mol. The van der Waals surface area contributed by atoms with Crippen molar-refractivity contribution in [2.45, 2.75) is 26.5 Å². The van der Waals surface area contributed by atoms with Gasteiger partial charge in [0.2, 0.25) is 0 Å². The van der Waals surface area contributed by atoms with Gasteiger partial charge in [0.15, 0.2) is 23.2 Å². The van der Waals surface area contributed by atoms with E-state index in [2.05, 4.69) is 21.2 Å². The quantitative estimate of drug-likeness (QED) is 0.109. The van der Waals surface area contributed by atoms with E-state index in [0.717, 1.165) is 0 Å². The third-order valence-corrected chi connectivity index (χ3v) is 6.84. The Labute approximate surface area is 264 Å². The lowest BCUT2D eigenvalue weighted by Gasteiger charge is -2.30. The molecule has 0 saturated carbocycles. The third-order valence-electron chi connectivity index (χ3n) is 6.34. The zero-order valence-electron chi connectivity index (χ0n) is 24.1. The summed E-state index contributed by atoms with van der Waals surface area (Å²) in [6.07, 6.45) is 1.37. The molecular formula is C31H30ClFN4O6S. The Bertz CT molecular complexity index is 1620. The van der Waals surface area contributed by atoms with E-state index < -0.39 is 23.7 Å². The number of benzene rings is 3. The molecule has 0 bridgehead atoms. The average Bonchev–Trinajstić information content (AvgIpc) is 3.00. The second-order valence-corrected chi connectivity index (χ2v) is 10.1. The summed E-state index contributed by atoms with van der Waals surface area (Å²) in [4.78, 5) is 25.3. The second kappa shape index (κ2) is 15.2. The number of methoxy groups -OCH3 is 1. The summed E-state index contributed by atoms with van der Waals surface area (Å²) in [5, 5.41) is 10.6. The van der Waals surface area contributed by atoms with E-state index in [9.17, 15) is 14.0 Å². The van der Waals surface area contributed by atoms with E-state index in [4.69, 9.17) is 42.8 Å². The van der Waals surface area contributed by atoms with Crippen LogP contribution in [0.1, 0.15) is 36.6 Å². The van der Waals surface area contributed by atoms with Gasteiger partial charge in [0, 0.05) is 16.8 Å². The van der Waals surface area contributed by atoms with Gasteiger partial charge in [-0.2, -0.15) is 5.10 Å². The van der Waals surface area contributed by atoms with Crippen LogP contribution in [0.4, 0.5) is 4.39 Å². The van der Waals surface area contributed by atoms with Gasteiger partial charge in [-0.05, 0) is 55.9 Å². The minimum Gasteiger partial charge on any atom is -0.493 e. The van der Waals surface area contributed by atoms with Gasteiger partial charge >= 0.3 is 5.97 Å². The van der Waals surface area contributed by atoms with Crippen molar-refractivity contribution in [3.8, 4) is 17.2 Å². The Kier molecular flexibility index (Phi) is 11.1. The van der Waals surface area contributed by atoms with Crippen molar-refractivity contribution < 1.29 is 32.9 Å². The molecule has 1 amide bonds. The molecule has 4 rings (SSSR count). The Morgan fingerprint density at radius 2 is 1.86 bits per heavy atom. The molecule has 0 aromatic heterocycles. The number of ether oxygens (including phenoxy) is 4. The molecule has 0 spiro atoms. The molecule has 0 radical (unpaired) electrons. The smallest absolute Gasteiger partial charge is 0.338 e. The van der Waals surface area contributed by atoms with Gasteiger partial charge in [0.05, 0.1) is 36.6 Å². The number of carbonyl (C=O) groups is 2. The highest BCUT2D eigenvalue weighted by atomic mass is 35.5. The van der Waals surface area contributed by atoms with E-state index in [0.29, 0.717) is 44.6 Å². The molecule has 3 N–H and O–H groups in total. The zero-order chi connectivity index (χ0) is 31.6. The molecule has 0 fully saturated rings. The maximum absolute atomic E-state index is 14.0. The SMILES string of the molecule is CCOC(=O)C1=C(C)NC(=S)N[C@H]1c1ccccc1OCC(=O)NN=Cc1cc(Cl)c(OCc2ccccc2F)c(OC)c1. The number of halogens is 2. The lowest BCUT2D eigenvalue weighted by atomic mass is 9.95. The van der Waals surface area contributed by atoms with Crippen LogP contribution in [0.3, 0.4) is 0 Å². The van der Waals surface area contributed by atoms with Gasteiger partial charge < -0.3 is 29.6 Å². The van der Waals surface area contributed by atoms with Crippen LogP contribution in [0.25, 0.3) is 0 Å². The number of thiocarbonyl (C=S) groups is 1. The predicted molar refractivity (Wildman–Crippen MR) is 167 cm³/mol. The van der Waals surface area contributed by atoms with Gasteiger partial charge in [0.1, 0.15) is 18.2 Å². The predicted octanol–water partition coefficient (Wildman–Crippen LogP) is 4.95. The van der Waals surface area contributed by atoms with Gasteiger partial charge in [-0.25, -0.2) is 14.6 Å². The molecule has 10 nitrogen and oxygen atoms in total. The van der Waals surface area contributed by atoms with Crippen LogP contribution in [0.5, 0.6) is 17.2 Å². The first-order valence-corrected chi connectivity index (χ1v) is 14.2. The summed E-state index contributed by atoms with van der Waals surface area (Å²) in [7, 11) is 1.44. The number of hydrogen-bond acceptors (Lipinski definition) is 8. The van der Waals surface area contributed by atoms with E-state index in [-0.39, 0.29) is 30.6 Å². The summed E-state index contributed by atoms with van der Waals surface area (Å²) in [5.74, 6) is -0.517. The van der Waals surface area contributed by atoms with Crippen LogP contribution >= 0.6 is 23.8 Å². The van der Waals surface area contributed by atoms with Crippen LogP contribution in [-0.2, 0) is 20.9 Å². The maximum Gasteiger partial charge on any atom is 0.338 e. The summed E-state index contributed by atoms with van der Waals surface area (Å²) in [6, 6.07) is 15.8. The third kappa shape index (κ3) is 8.03. The highest BCUT2D eigenvalue weighted by molar-refractivity contribution is 7.80. The molecule has 44 heavy (non-hydrogen) atoms. The van der Waals surface area contributed by atoms with Crippen molar-refractivity contribution in [1.29, 1.82) is 0 Å². The lowest BCUT2D eigenvalue weighted by Crippen LogP contribution is -2.45. The average molecular weight is 641 g/mol. The number of carbonyl (C=O) groups excluding carboxylic acids is 2. The van der Waals surface area contributed by atoms with Crippen molar-refractivity contribution >= 4 is 47.0 Å². The van der Waals surface area contributed by atoms with Crippen LogP contribution in [0.2, 0.25) is 5.02 Å². The number of hydrazone groups is 1. The summed E-state index contributed by atoms with van der Waals surface area (Å²) >= 11 is 11.7. The second-order valence-electron chi connectivity index (χ2n) is 9.32. The standard InChI is InChI=1S/C31H30ClFN4O6S/c1-4-41-30(39)27-18(2)35-31(44)36-28(27)21-10-6-8-12-24(21)42-17-26(38)37-34-15-19-13-22(32)29(25(14-19)40-3)43-16-20-9-5-7-11-23(20)33/h5-15,28H,4,16-17H2,1-3H3,(H,37,38)(H2,35,36,44)/t28-/m0/s1. The molecule has 13 heteroatoms. The van der Waals surface area contributed by atoms with Gasteiger partial charge in [-0.3, -0.25) is 4.79 Å². The highest BCUT2D eigenvalue weighted by Crippen LogP contribution is 2.37. The molecule has 1 aliphatic rings. The molecule has 230 valence electrons. The molecule has 3 aromatic rings. The number of nitrogens with zero attached hydrogens (tertiary/aromatic N) is 1. The number of allylic oxidation sites excluding steroid dienone is 1. The number of hydrogen-bond donors (Lipinski definition) is 3. The molecule has 3 aromatic carbocycles. The number of amides is 1. The fourth-order valence-corrected chi connectivity index (χ4v) is 4.88. The number of esters is 1. The zero-order valence-corrected chi connectivity index (χ0v) is 25.7. The normalized spacial score (nSPS) is 14.5. The van der Waals surface area contributed by atoms with Crippen molar-refractivity contribution in [2.75, 3.05) is 20.3 Å². The first kappa shape index (κ1) is 32.2. The minimum atomic E-state index is -0.654. The Hall–Kier alpha value is -4.68.